The van der Waals surface area contributed by atoms with Gasteiger partial charge in [0, 0.05) is 5.56 Å². The first-order chi connectivity index (χ1) is 9.15. The number of nitrogens with zero attached hydrogens (tertiary/aromatic N) is 1. The van der Waals surface area contributed by atoms with Crippen LogP contribution in [-0.2, 0) is 0 Å². The van der Waals surface area contributed by atoms with Gasteiger partial charge in [0.2, 0.25) is 0 Å². The maximum atomic E-state index is 13.3. The fourth-order valence-electron chi connectivity index (χ4n) is 1.78. The fourth-order valence-corrected chi connectivity index (χ4v) is 1.78. The second kappa shape index (κ2) is 5.49. The lowest BCUT2D eigenvalue weighted by molar-refractivity contribution is 0.340. The molecule has 96 valence electrons. The van der Waals surface area contributed by atoms with E-state index in [-0.39, 0.29) is 5.56 Å². The summed E-state index contributed by atoms with van der Waals surface area (Å²) in [6, 6.07) is 10.7. The Bertz CT molecular complexity index is 630. The molecule has 0 aliphatic carbocycles. The van der Waals surface area contributed by atoms with E-state index in [1.807, 2.05) is 13.0 Å². The number of benzene rings is 2. The van der Waals surface area contributed by atoms with Crippen LogP contribution in [0.15, 0.2) is 36.4 Å². The predicted molar refractivity (Wildman–Crippen MR) is 67.7 cm³/mol. The average Bonchev–Trinajstić information content (AvgIpc) is 2.43. The van der Waals surface area contributed by atoms with Crippen molar-refractivity contribution >= 4 is 0 Å². The van der Waals surface area contributed by atoms with Crippen LogP contribution in [0.2, 0.25) is 0 Å². The number of rotatable bonds is 3. The van der Waals surface area contributed by atoms with Gasteiger partial charge in [0.1, 0.15) is 5.75 Å². The van der Waals surface area contributed by atoms with Crippen LogP contribution in [-0.4, -0.2) is 6.61 Å². The molecule has 4 heteroatoms. The Kier molecular flexibility index (Phi) is 3.76. The van der Waals surface area contributed by atoms with Gasteiger partial charge in [-0.1, -0.05) is 12.1 Å². The Labute approximate surface area is 109 Å². The van der Waals surface area contributed by atoms with Crippen LogP contribution in [0.25, 0.3) is 11.1 Å². The van der Waals surface area contributed by atoms with Gasteiger partial charge in [-0.05, 0) is 36.8 Å². The highest BCUT2D eigenvalue weighted by atomic mass is 19.2. The van der Waals surface area contributed by atoms with E-state index in [1.165, 1.54) is 0 Å². The number of nitriles is 1. The summed E-state index contributed by atoms with van der Waals surface area (Å²) in [5.74, 6) is -1.30. The van der Waals surface area contributed by atoms with Gasteiger partial charge < -0.3 is 4.74 Å². The number of halogens is 2. The molecular weight excluding hydrogens is 248 g/mol. The van der Waals surface area contributed by atoms with Gasteiger partial charge in [0.25, 0.3) is 0 Å². The molecule has 2 rings (SSSR count). The first-order valence-electron chi connectivity index (χ1n) is 5.78. The molecule has 0 saturated carbocycles. The lowest BCUT2D eigenvalue weighted by atomic mass is 10.00. The Morgan fingerprint density at radius 1 is 1.11 bits per heavy atom. The van der Waals surface area contributed by atoms with Crippen molar-refractivity contribution in [2.75, 3.05) is 6.61 Å². The van der Waals surface area contributed by atoms with E-state index in [4.69, 9.17) is 10.00 Å². The third kappa shape index (κ3) is 2.71. The number of ether oxygens (including phenoxy) is 1. The fraction of sp³-hybridized carbons (Fsp3) is 0.133. The molecule has 0 atom stereocenters. The van der Waals surface area contributed by atoms with Gasteiger partial charge in [0.05, 0.1) is 18.2 Å². The summed E-state index contributed by atoms with van der Waals surface area (Å²) in [5.41, 5.74) is 1.10. The van der Waals surface area contributed by atoms with Crippen LogP contribution in [0.3, 0.4) is 0 Å². The molecule has 0 aromatic heterocycles. The van der Waals surface area contributed by atoms with E-state index in [2.05, 4.69) is 0 Å². The van der Waals surface area contributed by atoms with Crippen LogP contribution >= 0.6 is 0 Å². The number of hydrogen-bond acceptors (Lipinski definition) is 2. The molecule has 0 aliphatic rings. The predicted octanol–water partition coefficient (Wildman–Crippen LogP) is 3.90. The van der Waals surface area contributed by atoms with Crippen molar-refractivity contribution in [1.82, 2.24) is 0 Å². The van der Waals surface area contributed by atoms with E-state index in [0.29, 0.717) is 23.5 Å². The molecule has 19 heavy (non-hydrogen) atoms. The van der Waals surface area contributed by atoms with Crippen molar-refractivity contribution < 1.29 is 13.5 Å². The molecule has 0 heterocycles. The molecule has 2 aromatic carbocycles. The largest absolute Gasteiger partial charge is 0.494 e. The second-order valence-electron chi connectivity index (χ2n) is 3.88. The van der Waals surface area contributed by atoms with E-state index >= 15 is 0 Å². The van der Waals surface area contributed by atoms with Gasteiger partial charge in [-0.25, -0.2) is 8.78 Å². The molecule has 0 aliphatic heterocycles. The highest BCUT2D eigenvalue weighted by molar-refractivity contribution is 5.71. The molecule has 2 aromatic rings. The Balaban J connectivity index is 2.46. The van der Waals surface area contributed by atoms with Crippen molar-refractivity contribution in [3.8, 4) is 22.9 Å². The Hall–Kier alpha value is -2.41. The molecule has 0 bridgehead atoms. The molecule has 0 N–H and O–H groups in total. The lowest BCUT2D eigenvalue weighted by Crippen LogP contribution is -1.93. The van der Waals surface area contributed by atoms with E-state index in [1.54, 1.807) is 24.3 Å². The summed E-state index contributed by atoms with van der Waals surface area (Å²) in [7, 11) is 0. The zero-order chi connectivity index (χ0) is 13.8. The smallest absolute Gasteiger partial charge is 0.160 e. The van der Waals surface area contributed by atoms with Crippen LogP contribution < -0.4 is 4.74 Å². The highest BCUT2D eigenvalue weighted by Crippen LogP contribution is 2.27. The summed E-state index contributed by atoms with van der Waals surface area (Å²) >= 11 is 0. The highest BCUT2D eigenvalue weighted by Gasteiger charge is 2.11. The van der Waals surface area contributed by atoms with Gasteiger partial charge >= 0.3 is 0 Å². The Morgan fingerprint density at radius 3 is 2.32 bits per heavy atom. The minimum atomic E-state index is -1.02. The van der Waals surface area contributed by atoms with Gasteiger partial charge in [0.15, 0.2) is 11.6 Å². The van der Waals surface area contributed by atoms with Crippen molar-refractivity contribution in [2.45, 2.75) is 6.92 Å². The lowest BCUT2D eigenvalue weighted by Gasteiger charge is -2.07. The molecule has 0 fully saturated rings. The average molecular weight is 259 g/mol. The molecular formula is C15H11F2NO. The maximum absolute atomic E-state index is 13.3. The van der Waals surface area contributed by atoms with Crippen molar-refractivity contribution in [3.05, 3.63) is 53.6 Å². The van der Waals surface area contributed by atoms with Crippen LogP contribution in [0.5, 0.6) is 5.75 Å². The van der Waals surface area contributed by atoms with Crippen LogP contribution in [0.4, 0.5) is 8.78 Å². The van der Waals surface area contributed by atoms with Gasteiger partial charge in [-0.3, -0.25) is 0 Å². The first kappa shape index (κ1) is 13.0. The summed E-state index contributed by atoms with van der Waals surface area (Å²) < 4.78 is 31.6. The monoisotopic (exact) mass is 259 g/mol. The van der Waals surface area contributed by atoms with E-state index < -0.39 is 11.6 Å². The molecule has 2 nitrogen and oxygen atoms in total. The topological polar surface area (TPSA) is 33.0 Å². The molecule has 0 radical (unpaired) electrons. The maximum Gasteiger partial charge on any atom is 0.160 e. The van der Waals surface area contributed by atoms with Gasteiger partial charge in [-0.15, -0.1) is 0 Å². The number of hydrogen-bond donors (Lipinski definition) is 0. The van der Waals surface area contributed by atoms with E-state index in [0.717, 1.165) is 12.1 Å². The first-order valence-corrected chi connectivity index (χ1v) is 5.78. The molecule has 0 unspecified atom stereocenters. The third-order valence-corrected chi connectivity index (χ3v) is 2.66. The summed E-state index contributed by atoms with van der Waals surface area (Å²) in [6.45, 7) is 2.42. The summed E-state index contributed by atoms with van der Waals surface area (Å²) in [5, 5.41) is 8.97. The third-order valence-electron chi connectivity index (χ3n) is 2.66. The second-order valence-corrected chi connectivity index (χ2v) is 3.88. The molecule has 0 saturated heterocycles. The zero-order valence-electron chi connectivity index (χ0n) is 10.3. The summed E-state index contributed by atoms with van der Waals surface area (Å²) in [4.78, 5) is 0. The van der Waals surface area contributed by atoms with Gasteiger partial charge in [-0.2, -0.15) is 5.26 Å². The van der Waals surface area contributed by atoms with Crippen molar-refractivity contribution in [1.29, 1.82) is 5.26 Å². The quantitative estimate of drug-likeness (QED) is 0.837. The molecule has 0 amide bonds. The standard InChI is InChI=1S/C15H11F2NO/c1-2-19-12-5-3-10(4-6-12)13-8-15(17)14(16)7-11(13)9-18/h3-8H,2H2,1H3. The normalized spacial score (nSPS) is 10.0. The van der Waals surface area contributed by atoms with Crippen LogP contribution in [0.1, 0.15) is 12.5 Å². The van der Waals surface area contributed by atoms with Crippen molar-refractivity contribution in [2.24, 2.45) is 0 Å². The minimum Gasteiger partial charge on any atom is -0.494 e. The minimum absolute atomic E-state index is 0.100. The SMILES string of the molecule is CCOc1ccc(-c2cc(F)c(F)cc2C#N)cc1. The van der Waals surface area contributed by atoms with Crippen molar-refractivity contribution in [3.63, 3.8) is 0 Å². The summed E-state index contributed by atoms with van der Waals surface area (Å²) in [6.07, 6.45) is 0. The Morgan fingerprint density at radius 2 is 1.74 bits per heavy atom. The van der Waals surface area contributed by atoms with E-state index in [9.17, 15) is 8.78 Å². The molecule has 0 spiro atoms. The zero-order valence-corrected chi connectivity index (χ0v) is 10.3. The van der Waals surface area contributed by atoms with Crippen LogP contribution in [0, 0.1) is 23.0 Å².